The SMILES string of the molecule is CCCNC(=O)[C@@H]1[C@H]2C(=O)N([C@@H](CO)Cc3ccccc3)C(C(=O)Nc3cc(C)ccc3C)C23CC[C@@]1(C)O3. The normalized spacial score (nSPS) is 29.8. The number of aryl methyl sites for hydroxylation is 2. The lowest BCUT2D eigenvalue weighted by atomic mass is 9.66. The molecule has 3 saturated heterocycles. The van der Waals surface area contributed by atoms with E-state index in [1.54, 1.807) is 0 Å². The van der Waals surface area contributed by atoms with Gasteiger partial charge < -0.3 is 25.4 Å². The van der Waals surface area contributed by atoms with Crippen molar-refractivity contribution in [1.82, 2.24) is 10.2 Å². The zero-order valence-electron chi connectivity index (χ0n) is 23.2. The quantitative estimate of drug-likeness (QED) is 0.459. The number of carbonyl (C=O) groups is 3. The molecule has 1 spiro atoms. The molecule has 3 fully saturated rings. The van der Waals surface area contributed by atoms with Crippen molar-refractivity contribution in [3.63, 3.8) is 0 Å². The summed E-state index contributed by atoms with van der Waals surface area (Å²) in [5, 5.41) is 16.6. The second-order valence-corrected chi connectivity index (χ2v) is 11.6. The molecule has 5 rings (SSSR count). The number of amides is 3. The molecule has 8 heteroatoms. The lowest BCUT2D eigenvalue weighted by Crippen LogP contribution is -2.57. The summed E-state index contributed by atoms with van der Waals surface area (Å²) in [5.74, 6) is -2.37. The van der Waals surface area contributed by atoms with Gasteiger partial charge in [-0.1, -0.05) is 49.4 Å². The van der Waals surface area contributed by atoms with E-state index in [1.165, 1.54) is 4.90 Å². The van der Waals surface area contributed by atoms with Crippen LogP contribution >= 0.6 is 0 Å². The number of hydrogen-bond acceptors (Lipinski definition) is 5. The van der Waals surface area contributed by atoms with Crippen LogP contribution in [0.25, 0.3) is 0 Å². The Morgan fingerprint density at radius 2 is 1.87 bits per heavy atom. The third-order valence-electron chi connectivity index (χ3n) is 8.86. The summed E-state index contributed by atoms with van der Waals surface area (Å²) in [6.45, 7) is 7.94. The average Bonchev–Trinajstić information content (AvgIpc) is 3.49. The van der Waals surface area contributed by atoms with Crippen LogP contribution in [0.3, 0.4) is 0 Å². The fraction of sp³-hybridized carbons (Fsp3) is 0.516. The summed E-state index contributed by atoms with van der Waals surface area (Å²) in [6, 6.07) is 13.8. The van der Waals surface area contributed by atoms with Crippen molar-refractivity contribution in [3.8, 4) is 0 Å². The van der Waals surface area contributed by atoms with Crippen molar-refractivity contribution in [2.45, 2.75) is 76.7 Å². The number of nitrogens with zero attached hydrogens (tertiary/aromatic N) is 1. The van der Waals surface area contributed by atoms with Crippen LogP contribution in [0.4, 0.5) is 5.69 Å². The van der Waals surface area contributed by atoms with Crippen molar-refractivity contribution in [2.75, 3.05) is 18.5 Å². The highest BCUT2D eigenvalue weighted by molar-refractivity contribution is 6.04. The summed E-state index contributed by atoms with van der Waals surface area (Å²) in [7, 11) is 0. The maximum absolute atomic E-state index is 14.4. The number of fused-ring (bicyclic) bond motifs is 1. The largest absolute Gasteiger partial charge is 0.394 e. The number of anilines is 1. The Labute approximate surface area is 230 Å². The molecule has 3 N–H and O–H groups in total. The molecule has 208 valence electrons. The molecule has 2 bridgehead atoms. The second kappa shape index (κ2) is 10.4. The first-order chi connectivity index (χ1) is 18.6. The number of ether oxygens (including phenoxy) is 1. The van der Waals surface area contributed by atoms with Crippen LogP contribution in [0.5, 0.6) is 0 Å². The molecule has 0 aromatic heterocycles. The highest BCUT2D eigenvalue weighted by Crippen LogP contribution is 2.63. The topological polar surface area (TPSA) is 108 Å². The Bertz CT molecular complexity index is 1270. The Hall–Kier alpha value is -3.23. The Balaban J connectivity index is 1.57. The van der Waals surface area contributed by atoms with Gasteiger partial charge in [0.15, 0.2) is 0 Å². The van der Waals surface area contributed by atoms with Gasteiger partial charge in [0.1, 0.15) is 11.6 Å². The Morgan fingerprint density at radius 3 is 2.56 bits per heavy atom. The van der Waals surface area contributed by atoms with E-state index in [0.717, 1.165) is 23.1 Å². The first-order valence-corrected chi connectivity index (χ1v) is 14.0. The van der Waals surface area contributed by atoms with E-state index in [1.807, 2.05) is 76.2 Å². The van der Waals surface area contributed by atoms with Crippen molar-refractivity contribution < 1.29 is 24.2 Å². The molecule has 3 aliphatic heterocycles. The molecule has 6 atom stereocenters. The van der Waals surface area contributed by atoms with Crippen molar-refractivity contribution in [1.29, 1.82) is 0 Å². The van der Waals surface area contributed by atoms with Crippen LogP contribution in [0.15, 0.2) is 48.5 Å². The Kier molecular flexibility index (Phi) is 7.29. The van der Waals surface area contributed by atoms with Gasteiger partial charge in [-0.25, -0.2) is 0 Å². The molecule has 3 heterocycles. The third-order valence-corrected chi connectivity index (χ3v) is 8.86. The van der Waals surface area contributed by atoms with Gasteiger partial charge in [-0.15, -0.1) is 0 Å². The number of carbonyl (C=O) groups excluding carboxylic acids is 3. The van der Waals surface area contributed by atoms with Crippen LogP contribution in [0.1, 0.15) is 49.8 Å². The summed E-state index contributed by atoms with van der Waals surface area (Å²) in [4.78, 5) is 43.6. The van der Waals surface area contributed by atoms with E-state index in [4.69, 9.17) is 4.74 Å². The minimum absolute atomic E-state index is 0.210. The van der Waals surface area contributed by atoms with Crippen LogP contribution in [-0.2, 0) is 25.5 Å². The van der Waals surface area contributed by atoms with Gasteiger partial charge in [-0.05, 0) is 69.2 Å². The van der Waals surface area contributed by atoms with Gasteiger partial charge in [-0.3, -0.25) is 14.4 Å². The summed E-state index contributed by atoms with van der Waals surface area (Å²) < 4.78 is 6.69. The minimum atomic E-state index is -1.15. The number of hydrogen-bond donors (Lipinski definition) is 3. The lowest BCUT2D eigenvalue weighted by molar-refractivity contribution is -0.147. The predicted molar refractivity (Wildman–Crippen MR) is 148 cm³/mol. The molecule has 39 heavy (non-hydrogen) atoms. The van der Waals surface area contributed by atoms with Gasteiger partial charge in [0, 0.05) is 12.2 Å². The van der Waals surface area contributed by atoms with Crippen molar-refractivity contribution in [2.24, 2.45) is 11.8 Å². The third kappa shape index (κ3) is 4.53. The zero-order chi connectivity index (χ0) is 27.9. The first kappa shape index (κ1) is 27.3. The van der Waals surface area contributed by atoms with Crippen LogP contribution in [0.2, 0.25) is 0 Å². The number of benzene rings is 2. The van der Waals surface area contributed by atoms with E-state index >= 15 is 0 Å². The molecule has 2 aromatic carbocycles. The van der Waals surface area contributed by atoms with Gasteiger partial charge in [0.2, 0.25) is 17.7 Å². The van der Waals surface area contributed by atoms with Crippen LogP contribution in [-0.4, -0.2) is 64.2 Å². The van der Waals surface area contributed by atoms with Crippen LogP contribution < -0.4 is 10.6 Å². The maximum atomic E-state index is 14.4. The first-order valence-electron chi connectivity index (χ1n) is 14.0. The summed E-state index contributed by atoms with van der Waals surface area (Å²) in [5.41, 5.74) is 1.54. The fourth-order valence-electron chi connectivity index (χ4n) is 7.02. The molecule has 0 aliphatic carbocycles. The standard InChI is InChI=1S/C31H39N3O5/c1-5-15-32-27(36)24-25-29(38)34(22(18-35)17-21-9-7-6-8-10-21)26(31(25)14-13-30(24,4)39-31)28(37)33-23-16-19(2)11-12-20(23)3/h6-12,16,22,24-26,35H,5,13-15,17-18H2,1-4H3,(H,32,36)(H,33,37)/t22-,24+,25+,26?,30-,31?/m1/s1. The Morgan fingerprint density at radius 1 is 1.13 bits per heavy atom. The lowest BCUT2D eigenvalue weighted by Gasteiger charge is -2.37. The number of aliphatic hydroxyl groups is 1. The summed E-state index contributed by atoms with van der Waals surface area (Å²) >= 11 is 0. The zero-order valence-corrected chi connectivity index (χ0v) is 23.2. The smallest absolute Gasteiger partial charge is 0.250 e. The van der Waals surface area contributed by atoms with Gasteiger partial charge >= 0.3 is 0 Å². The molecular formula is C31H39N3O5. The number of rotatable bonds is 9. The van der Waals surface area contributed by atoms with Gasteiger partial charge in [-0.2, -0.15) is 0 Å². The van der Waals surface area contributed by atoms with E-state index in [9.17, 15) is 19.5 Å². The van der Waals surface area contributed by atoms with E-state index in [2.05, 4.69) is 10.6 Å². The van der Waals surface area contributed by atoms with Gasteiger partial charge in [0.25, 0.3) is 0 Å². The predicted octanol–water partition coefficient (Wildman–Crippen LogP) is 3.14. The molecule has 2 unspecified atom stereocenters. The van der Waals surface area contributed by atoms with Crippen molar-refractivity contribution in [3.05, 3.63) is 65.2 Å². The number of nitrogens with one attached hydrogen (secondary N) is 2. The number of aliphatic hydroxyl groups excluding tert-OH is 1. The maximum Gasteiger partial charge on any atom is 0.250 e. The number of likely N-dealkylation sites (tertiary alicyclic amines) is 1. The van der Waals surface area contributed by atoms with Crippen molar-refractivity contribution >= 4 is 23.4 Å². The highest BCUT2D eigenvalue weighted by atomic mass is 16.5. The molecule has 0 radical (unpaired) electrons. The fourth-order valence-corrected chi connectivity index (χ4v) is 7.02. The van der Waals surface area contributed by atoms with E-state index in [0.29, 0.717) is 31.5 Å². The van der Waals surface area contributed by atoms with E-state index < -0.39 is 35.1 Å². The molecule has 8 nitrogen and oxygen atoms in total. The second-order valence-electron chi connectivity index (χ2n) is 11.6. The highest BCUT2D eigenvalue weighted by Gasteiger charge is 2.78. The minimum Gasteiger partial charge on any atom is -0.394 e. The van der Waals surface area contributed by atoms with E-state index in [-0.39, 0.29) is 24.3 Å². The monoisotopic (exact) mass is 533 g/mol. The molecular weight excluding hydrogens is 494 g/mol. The average molecular weight is 534 g/mol. The summed E-state index contributed by atoms with van der Waals surface area (Å²) in [6.07, 6.45) is 2.21. The van der Waals surface area contributed by atoms with Gasteiger partial charge in [0.05, 0.1) is 30.1 Å². The molecule has 3 aliphatic rings. The van der Waals surface area contributed by atoms with Crippen LogP contribution in [0, 0.1) is 25.7 Å². The molecule has 3 amide bonds. The molecule has 0 saturated carbocycles. The molecule has 2 aromatic rings.